The molecule has 1 unspecified atom stereocenters. The second-order valence-electron chi connectivity index (χ2n) is 9.46. The molecule has 0 saturated carbocycles. The summed E-state index contributed by atoms with van der Waals surface area (Å²) in [4.78, 5) is 17.7. The molecule has 2 fully saturated rings. The maximum absolute atomic E-state index is 13.4. The van der Waals surface area contributed by atoms with Gasteiger partial charge in [-0.25, -0.2) is 8.42 Å². The third-order valence-electron chi connectivity index (χ3n) is 7.24. The fraction of sp³-hybridized carbons (Fsp3) is 0.370. The normalized spacial score (nSPS) is 19.1. The molecule has 10 heteroatoms. The number of carbonyl (C=O) groups is 1. The number of piperidine rings is 1. The molecule has 1 atom stereocenters. The van der Waals surface area contributed by atoms with Gasteiger partial charge in [-0.05, 0) is 64.2 Å². The van der Waals surface area contributed by atoms with E-state index < -0.39 is 10.0 Å². The lowest BCUT2D eigenvalue weighted by atomic mass is 9.95. The zero-order chi connectivity index (χ0) is 26.0. The highest BCUT2D eigenvalue weighted by Gasteiger charge is 2.36. The van der Waals surface area contributed by atoms with Crippen molar-refractivity contribution in [3.05, 3.63) is 86.7 Å². The number of piperazine rings is 1. The summed E-state index contributed by atoms with van der Waals surface area (Å²) >= 11 is 10.7. The largest absolute Gasteiger partial charge is 0.340 e. The number of halogens is 2. The first-order chi connectivity index (χ1) is 17.8. The summed E-state index contributed by atoms with van der Waals surface area (Å²) in [6.07, 6.45) is 1.12. The summed E-state index contributed by atoms with van der Waals surface area (Å²) in [5, 5.41) is 0.716. The Bertz CT molecular complexity index is 1320. The molecule has 5 rings (SSSR count). The molecule has 3 aromatic rings. The fourth-order valence-corrected chi connectivity index (χ4v) is 9.02. The van der Waals surface area contributed by atoms with E-state index in [-0.39, 0.29) is 17.9 Å². The molecular formula is C27H29BrClN3O3S2. The van der Waals surface area contributed by atoms with Gasteiger partial charge in [0.15, 0.2) is 0 Å². The molecule has 196 valence electrons. The number of thiophene rings is 1. The van der Waals surface area contributed by atoms with E-state index in [1.165, 1.54) is 26.8 Å². The predicted octanol–water partition coefficient (Wildman–Crippen LogP) is 5.50. The minimum absolute atomic E-state index is 0.0986. The number of amides is 1. The first-order valence-corrected chi connectivity index (χ1v) is 15.8. The minimum atomic E-state index is -3.51. The Hall–Kier alpha value is -1.75. The molecule has 1 aromatic heterocycles. The van der Waals surface area contributed by atoms with Crippen LogP contribution >= 0.6 is 38.9 Å². The summed E-state index contributed by atoms with van der Waals surface area (Å²) in [6.45, 7) is 3.62. The zero-order valence-corrected chi connectivity index (χ0v) is 24.3. The lowest BCUT2D eigenvalue weighted by Crippen LogP contribution is -2.52. The fourth-order valence-electron chi connectivity index (χ4n) is 5.26. The van der Waals surface area contributed by atoms with Crippen molar-refractivity contribution in [2.24, 2.45) is 5.92 Å². The molecule has 2 aliphatic heterocycles. The van der Waals surface area contributed by atoms with Crippen LogP contribution in [0.1, 0.15) is 30.0 Å². The van der Waals surface area contributed by atoms with Gasteiger partial charge < -0.3 is 4.90 Å². The molecular weight excluding hydrogens is 594 g/mol. The Morgan fingerprint density at radius 1 is 0.865 bits per heavy atom. The van der Waals surface area contributed by atoms with Gasteiger partial charge in [0, 0.05) is 50.2 Å². The topological polar surface area (TPSA) is 60.9 Å². The van der Waals surface area contributed by atoms with Crippen LogP contribution in [-0.4, -0.2) is 67.7 Å². The molecule has 2 aromatic carbocycles. The quantitative estimate of drug-likeness (QED) is 0.365. The van der Waals surface area contributed by atoms with Crippen molar-refractivity contribution in [1.29, 1.82) is 0 Å². The monoisotopic (exact) mass is 621 g/mol. The van der Waals surface area contributed by atoms with Gasteiger partial charge in [-0.3, -0.25) is 9.69 Å². The van der Waals surface area contributed by atoms with Gasteiger partial charge in [-0.1, -0.05) is 54.1 Å². The highest BCUT2D eigenvalue weighted by molar-refractivity contribution is 9.11. The molecule has 1 amide bonds. The molecule has 37 heavy (non-hydrogen) atoms. The smallest absolute Gasteiger partial charge is 0.252 e. The zero-order valence-electron chi connectivity index (χ0n) is 20.3. The molecule has 0 N–H and O–H groups in total. The number of nitrogens with zero attached hydrogens (tertiary/aromatic N) is 3. The van der Waals surface area contributed by atoms with E-state index >= 15 is 0 Å². The first-order valence-electron chi connectivity index (χ1n) is 12.4. The highest BCUT2D eigenvalue weighted by atomic mass is 79.9. The average Bonchev–Trinajstić information content (AvgIpc) is 3.38. The van der Waals surface area contributed by atoms with E-state index in [9.17, 15) is 13.2 Å². The van der Waals surface area contributed by atoms with Crippen LogP contribution in [-0.2, 0) is 14.8 Å². The Morgan fingerprint density at radius 2 is 1.49 bits per heavy atom. The average molecular weight is 623 g/mol. The highest BCUT2D eigenvalue weighted by Crippen LogP contribution is 2.33. The third kappa shape index (κ3) is 5.97. The number of carbonyl (C=O) groups excluding carboxylic acids is 1. The summed E-state index contributed by atoms with van der Waals surface area (Å²) < 4.78 is 28.5. The van der Waals surface area contributed by atoms with Gasteiger partial charge in [0.25, 0.3) is 10.0 Å². The molecule has 0 radical (unpaired) electrons. The van der Waals surface area contributed by atoms with Crippen molar-refractivity contribution in [3.63, 3.8) is 0 Å². The number of hydrogen-bond donors (Lipinski definition) is 0. The number of rotatable bonds is 6. The van der Waals surface area contributed by atoms with Crippen LogP contribution in [0.2, 0.25) is 5.02 Å². The number of hydrogen-bond acceptors (Lipinski definition) is 5. The van der Waals surface area contributed by atoms with Crippen LogP contribution in [0.15, 0.2) is 74.7 Å². The van der Waals surface area contributed by atoms with E-state index in [2.05, 4.69) is 57.2 Å². The van der Waals surface area contributed by atoms with E-state index in [1.54, 1.807) is 12.1 Å². The number of benzene rings is 2. The van der Waals surface area contributed by atoms with Crippen molar-refractivity contribution in [1.82, 2.24) is 14.1 Å². The molecule has 3 heterocycles. The maximum atomic E-state index is 13.4. The maximum Gasteiger partial charge on any atom is 0.252 e. The minimum Gasteiger partial charge on any atom is -0.340 e. The van der Waals surface area contributed by atoms with Gasteiger partial charge in [0.2, 0.25) is 5.91 Å². The van der Waals surface area contributed by atoms with Crippen LogP contribution in [0.25, 0.3) is 0 Å². The standard InChI is InChI=1S/C27H29BrClN3O3S2/c28-24-10-11-25(36-24)37(34,35)32-14-12-22(13-15-32)27(33)31-18-16-30(17-19-31)26(20-4-2-1-3-5-20)21-6-8-23(29)9-7-21/h1-11,22,26H,12-19H2. The Balaban J connectivity index is 1.20. The second kappa shape index (κ2) is 11.6. The SMILES string of the molecule is O=C(C1CCN(S(=O)(=O)c2ccc(Br)s2)CC1)N1CCN(C(c2ccccc2)c2ccc(Cl)cc2)CC1. The van der Waals surface area contributed by atoms with Crippen molar-refractivity contribution >= 4 is 54.8 Å². The molecule has 2 aliphatic rings. The van der Waals surface area contributed by atoms with Crippen LogP contribution in [0.4, 0.5) is 0 Å². The summed E-state index contributed by atoms with van der Waals surface area (Å²) in [5.41, 5.74) is 2.40. The van der Waals surface area contributed by atoms with Crippen LogP contribution in [0.5, 0.6) is 0 Å². The number of sulfonamides is 1. The van der Waals surface area contributed by atoms with Gasteiger partial charge in [0.05, 0.1) is 9.83 Å². The molecule has 0 bridgehead atoms. The summed E-state index contributed by atoms with van der Waals surface area (Å²) in [5.74, 6) is 0.0209. The molecule has 6 nitrogen and oxygen atoms in total. The van der Waals surface area contributed by atoms with E-state index in [0.29, 0.717) is 48.3 Å². The van der Waals surface area contributed by atoms with E-state index in [1.807, 2.05) is 23.1 Å². The first kappa shape index (κ1) is 26.8. The Kier molecular flexibility index (Phi) is 8.38. The predicted molar refractivity (Wildman–Crippen MR) is 151 cm³/mol. The van der Waals surface area contributed by atoms with E-state index in [4.69, 9.17) is 11.6 Å². The van der Waals surface area contributed by atoms with Gasteiger partial charge in [-0.15, -0.1) is 11.3 Å². The Labute approximate surface area is 236 Å². The van der Waals surface area contributed by atoms with Crippen LogP contribution in [0, 0.1) is 5.92 Å². The van der Waals surface area contributed by atoms with Crippen molar-refractivity contribution in [2.75, 3.05) is 39.3 Å². The third-order valence-corrected chi connectivity index (χ3v) is 11.5. The van der Waals surface area contributed by atoms with Gasteiger partial charge in [-0.2, -0.15) is 4.31 Å². The molecule has 2 saturated heterocycles. The Morgan fingerprint density at radius 3 is 2.08 bits per heavy atom. The second-order valence-corrected chi connectivity index (χ2v) is 14.5. The van der Waals surface area contributed by atoms with Crippen molar-refractivity contribution in [2.45, 2.75) is 23.1 Å². The van der Waals surface area contributed by atoms with Crippen LogP contribution in [0.3, 0.4) is 0 Å². The van der Waals surface area contributed by atoms with Crippen LogP contribution < -0.4 is 0 Å². The lowest BCUT2D eigenvalue weighted by Gasteiger charge is -2.41. The van der Waals surface area contributed by atoms with E-state index in [0.717, 1.165) is 16.9 Å². The molecule has 0 aliphatic carbocycles. The molecule has 0 spiro atoms. The summed E-state index contributed by atoms with van der Waals surface area (Å²) in [7, 11) is -3.51. The van der Waals surface area contributed by atoms with Gasteiger partial charge in [0.1, 0.15) is 4.21 Å². The van der Waals surface area contributed by atoms with Crippen molar-refractivity contribution < 1.29 is 13.2 Å². The van der Waals surface area contributed by atoms with Crippen molar-refractivity contribution in [3.8, 4) is 0 Å². The lowest BCUT2D eigenvalue weighted by molar-refractivity contribution is -0.138. The van der Waals surface area contributed by atoms with Gasteiger partial charge >= 0.3 is 0 Å². The summed E-state index contributed by atoms with van der Waals surface area (Å²) in [6, 6.07) is 21.9.